The molecular formula is C14H13BrFNO. The number of aromatic hydroxyl groups is 1. The molecule has 0 amide bonds. The SMILES string of the molecule is Cc1c(Br)cccc1NCc1ccc(O)c(F)c1. The second kappa shape index (κ2) is 5.40. The van der Waals surface area contributed by atoms with Crippen LogP contribution in [-0.4, -0.2) is 5.11 Å². The first-order valence-electron chi connectivity index (χ1n) is 5.54. The van der Waals surface area contributed by atoms with Gasteiger partial charge < -0.3 is 10.4 Å². The Hall–Kier alpha value is -1.55. The molecule has 0 bridgehead atoms. The minimum absolute atomic E-state index is 0.322. The molecule has 94 valence electrons. The summed E-state index contributed by atoms with van der Waals surface area (Å²) < 4.78 is 14.2. The molecule has 0 atom stereocenters. The second-order valence-electron chi connectivity index (χ2n) is 4.05. The molecule has 4 heteroatoms. The lowest BCUT2D eigenvalue weighted by atomic mass is 10.1. The number of phenolic OH excluding ortho intramolecular Hbond substituents is 1. The van der Waals surface area contributed by atoms with Gasteiger partial charge in [0, 0.05) is 16.7 Å². The summed E-state index contributed by atoms with van der Waals surface area (Å²) in [6, 6.07) is 10.3. The largest absolute Gasteiger partial charge is 0.505 e. The van der Waals surface area contributed by atoms with Crippen LogP contribution in [0.3, 0.4) is 0 Å². The van der Waals surface area contributed by atoms with E-state index < -0.39 is 5.82 Å². The highest BCUT2D eigenvalue weighted by Crippen LogP contribution is 2.24. The van der Waals surface area contributed by atoms with Gasteiger partial charge in [-0.25, -0.2) is 4.39 Å². The van der Waals surface area contributed by atoms with E-state index in [9.17, 15) is 4.39 Å². The van der Waals surface area contributed by atoms with Gasteiger partial charge in [-0.1, -0.05) is 28.1 Å². The summed E-state index contributed by atoms with van der Waals surface area (Å²) in [7, 11) is 0. The molecule has 0 spiro atoms. The number of hydrogen-bond donors (Lipinski definition) is 2. The van der Waals surface area contributed by atoms with E-state index in [-0.39, 0.29) is 5.75 Å². The predicted octanol–water partition coefficient (Wildman–Crippen LogP) is 4.21. The molecule has 2 aromatic rings. The summed E-state index contributed by atoms with van der Waals surface area (Å²) in [6.07, 6.45) is 0. The average molecular weight is 310 g/mol. The molecule has 2 nitrogen and oxygen atoms in total. The maximum atomic E-state index is 13.2. The summed E-state index contributed by atoms with van der Waals surface area (Å²) in [5.41, 5.74) is 2.89. The highest BCUT2D eigenvalue weighted by Gasteiger charge is 2.04. The Bertz CT molecular complexity index is 572. The maximum absolute atomic E-state index is 13.2. The highest BCUT2D eigenvalue weighted by atomic mass is 79.9. The van der Waals surface area contributed by atoms with Crippen molar-refractivity contribution < 1.29 is 9.50 Å². The number of rotatable bonds is 3. The Balaban J connectivity index is 2.11. The fourth-order valence-corrected chi connectivity index (χ4v) is 2.02. The molecule has 0 aliphatic heterocycles. The minimum atomic E-state index is -0.597. The third kappa shape index (κ3) is 2.82. The van der Waals surface area contributed by atoms with Crippen LogP contribution in [0.2, 0.25) is 0 Å². The molecule has 0 heterocycles. The van der Waals surface area contributed by atoms with Crippen LogP contribution < -0.4 is 5.32 Å². The van der Waals surface area contributed by atoms with E-state index in [4.69, 9.17) is 5.11 Å². The van der Waals surface area contributed by atoms with Crippen molar-refractivity contribution in [1.29, 1.82) is 0 Å². The zero-order valence-corrected chi connectivity index (χ0v) is 11.5. The van der Waals surface area contributed by atoms with Crippen molar-refractivity contribution >= 4 is 21.6 Å². The Morgan fingerprint density at radius 2 is 2.06 bits per heavy atom. The predicted molar refractivity (Wildman–Crippen MR) is 74.3 cm³/mol. The van der Waals surface area contributed by atoms with Crippen molar-refractivity contribution in [3.63, 3.8) is 0 Å². The average Bonchev–Trinajstić information content (AvgIpc) is 2.35. The molecule has 0 fully saturated rings. The van der Waals surface area contributed by atoms with E-state index in [0.717, 1.165) is 21.3 Å². The summed E-state index contributed by atoms with van der Waals surface area (Å²) in [6.45, 7) is 2.51. The van der Waals surface area contributed by atoms with Gasteiger partial charge in [0.15, 0.2) is 11.6 Å². The molecule has 2 aromatic carbocycles. The zero-order chi connectivity index (χ0) is 13.1. The van der Waals surface area contributed by atoms with Crippen molar-refractivity contribution in [3.8, 4) is 5.75 Å². The quantitative estimate of drug-likeness (QED) is 0.890. The Morgan fingerprint density at radius 1 is 1.28 bits per heavy atom. The lowest BCUT2D eigenvalue weighted by Gasteiger charge is -2.11. The lowest BCUT2D eigenvalue weighted by molar-refractivity contribution is 0.432. The van der Waals surface area contributed by atoms with Crippen LogP contribution in [0.25, 0.3) is 0 Å². The van der Waals surface area contributed by atoms with Gasteiger partial charge in [0.05, 0.1) is 0 Å². The first kappa shape index (κ1) is 12.9. The van der Waals surface area contributed by atoms with E-state index in [0.29, 0.717) is 6.54 Å². The van der Waals surface area contributed by atoms with E-state index in [1.165, 1.54) is 12.1 Å². The topological polar surface area (TPSA) is 32.3 Å². The van der Waals surface area contributed by atoms with Gasteiger partial charge in [-0.2, -0.15) is 0 Å². The van der Waals surface area contributed by atoms with Crippen LogP contribution >= 0.6 is 15.9 Å². The highest BCUT2D eigenvalue weighted by molar-refractivity contribution is 9.10. The fourth-order valence-electron chi connectivity index (χ4n) is 1.66. The first-order chi connectivity index (χ1) is 8.58. The number of anilines is 1. The van der Waals surface area contributed by atoms with E-state index in [1.54, 1.807) is 6.07 Å². The maximum Gasteiger partial charge on any atom is 0.165 e. The second-order valence-corrected chi connectivity index (χ2v) is 4.91. The molecular weight excluding hydrogens is 297 g/mol. The van der Waals surface area contributed by atoms with Crippen LogP contribution in [0.1, 0.15) is 11.1 Å². The van der Waals surface area contributed by atoms with Crippen molar-refractivity contribution in [2.75, 3.05) is 5.32 Å². The van der Waals surface area contributed by atoms with Gasteiger partial charge in [0.25, 0.3) is 0 Å². The van der Waals surface area contributed by atoms with Gasteiger partial charge >= 0.3 is 0 Å². The van der Waals surface area contributed by atoms with Gasteiger partial charge in [0.1, 0.15) is 0 Å². The standard InChI is InChI=1S/C14H13BrFNO/c1-9-11(15)3-2-4-13(9)17-8-10-5-6-14(18)12(16)7-10/h2-7,17-18H,8H2,1H3. The van der Waals surface area contributed by atoms with E-state index in [2.05, 4.69) is 21.2 Å². The molecule has 2 rings (SSSR count). The van der Waals surface area contributed by atoms with E-state index >= 15 is 0 Å². The first-order valence-corrected chi connectivity index (χ1v) is 6.33. The summed E-state index contributed by atoms with van der Waals surface area (Å²) >= 11 is 3.46. The molecule has 2 N–H and O–H groups in total. The third-order valence-corrected chi connectivity index (χ3v) is 3.62. The van der Waals surface area contributed by atoms with Crippen LogP contribution in [0.5, 0.6) is 5.75 Å². The Labute approximate surface area is 114 Å². The molecule has 0 aliphatic carbocycles. The molecule has 18 heavy (non-hydrogen) atoms. The number of phenols is 1. The van der Waals surface area contributed by atoms with Crippen LogP contribution in [-0.2, 0) is 6.54 Å². The van der Waals surface area contributed by atoms with Crippen molar-refractivity contribution in [1.82, 2.24) is 0 Å². The molecule has 0 saturated heterocycles. The zero-order valence-electron chi connectivity index (χ0n) is 9.87. The van der Waals surface area contributed by atoms with Gasteiger partial charge in [-0.3, -0.25) is 0 Å². The lowest BCUT2D eigenvalue weighted by Crippen LogP contribution is -2.01. The normalized spacial score (nSPS) is 10.4. The summed E-state index contributed by atoms with van der Waals surface area (Å²) in [4.78, 5) is 0. The van der Waals surface area contributed by atoms with Gasteiger partial charge in [0.2, 0.25) is 0 Å². The fraction of sp³-hybridized carbons (Fsp3) is 0.143. The minimum Gasteiger partial charge on any atom is -0.505 e. The summed E-state index contributed by atoms with van der Waals surface area (Å²) in [5, 5.41) is 12.3. The van der Waals surface area contributed by atoms with Gasteiger partial charge in [-0.05, 0) is 42.3 Å². The number of halogens is 2. The number of benzene rings is 2. The Morgan fingerprint density at radius 3 is 2.78 bits per heavy atom. The molecule has 0 radical (unpaired) electrons. The number of nitrogens with one attached hydrogen (secondary N) is 1. The van der Waals surface area contributed by atoms with Crippen molar-refractivity contribution in [3.05, 3.63) is 57.8 Å². The molecule has 0 aromatic heterocycles. The molecule has 0 aliphatic rings. The Kier molecular flexibility index (Phi) is 3.87. The van der Waals surface area contributed by atoms with Crippen molar-refractivity contribution in [2.45, 2.75) is 13.5 Å². The molecule has 0 unspecified atom stereocenters. The van der Waals surface area contributed by atoms with E-state index in [1.807, 2.05) is 25.1 Å². The number of hydrogen-bond acceptors (Lipinski definition) is 2. The smallest absolute Gasteiger partial charge is 0.165 e. The van der Waals surface area contributed by atoms with Crippen LogP contribution in [0.15, 0.2) is 40.9 Å². The summed E-state index contributed by atoms with van der Waals surface area (Å²) in [5.74, 6) is -0.919. The third-order valence-electron chi connectivity index (χ3n) is 2.76. The van der Waals surface area contributed by atoms with Crippen LogP contribution in [0.4, 0.5) is 10.1 Å². The monoisotopic (exact) mass is 309 g/mol. The molecule has 0 saturated carbocycles. The van der Waals surface area contributed by atoms with Crippen LogP contribution in [0, 0.1) is 12.7 Å². The van der Waals surface area contributed by atoms with Gasteiger partial charge in [-0.15, -0.1) is 0 Å². The van der Waals surface area contributed by atoms with Crippen molar-refractivity contribution in [2.24, 2.45) is 0 Å².